The molecule has 0 aromatic heterocycles. The van der Waals surface area contributed by atoms with E-state index in [1.54, 1.807) is 6.92 Å². The van der Waals surface area contributed by atoms with Gasteiger partial charge in [-0.3, -0.25) is 5.09 Å². The van der Waals surface area contributed by atoms with Gasteiger partial charge in [-0.1, -0.05) is 6.92 Å². The van der Waals surface area contributed by atoms with Gasteiger partial charge in [-0.15, -0.1) is 0 Å². The summed E-state index contributed by atoms with van der Waals surface area (Å²) in [4.78, 5) is 0. The summed E-state index contributed by atoms with van der Waals surface area (Å²) in [7, 11) is -6.19. The standard InChI is InChI=1S/C2H7F3N2P2/c1-2-6-9(5)7-8(3)4/h6,8H,2H2,1H3. The van der Waals surface area contributed by atoms with Crippen molar-refractivity contribution >= 4 is 16.9 Å². The first-order valence-electron chi connectivity index (χ1n) is 2.25. The highest BCUT2D eigenvalue weighted by molar-refractivity contribution is 7.55. The van der Waals surface area contributed by atoms with E-state index >= 15 is 0 Å². The minimum atomic E-state index is -3.74. The fourth-order valence-electron chi connectivity index (χ4n) is 0.232. The molecule has 0 spiro atoms. The second-order valence-electron chi connectivity index (χ2n) is 1.11. The highest BCUT2D eigenvalue weighted by Gasteiger charge is 2.01. The summed E-state index contributed by atoms with van der Waals surface area (Å²) in [6.07, 6.45) is 0. The van der Waals surface area contributed by atoms with Crippen molar-refractivity contribution in [1.82, 2.24) is 5.09 Å². The van der Waals surface area contributed by atoms with E-state index in [0.29, 0.717) is 6.54 Å². The van der Waals surface area contributed by atoms with Crippen LogP contribution in [0.5, 0.6) is 0 Å². The topological polar surface area (TPSA) is 24.4 Å². The van der Waals surface area contributed by atoms with Gasteiger partial charge in [0.05, 0.1) is 0 Å². The first kappa shape index (κ1) is 9.41. The van der Waals surface area contributed by atoms with E-state index in [-0.39, 0.29) is 0 Å². The highest BCUT2D eigenvalue weighted by Crippen LogP contribution is 2.44. The van der Waals surface area contributed by atoms with Crippen LogP contribution in [0.4, 0.5) is 12.6 Å². The van der Waals surface area contributed by atoms with E-state index < -0.39 is 16.9 Å². The van der Waals surface area contributed by atoms with Gasteiger partial charge in [-0.25, -0.2) is 0 Å². The van der Waals surface area contributed by atoms with Crippen molar-refractivity contribution < 1.29 is 12.6 Å². The Morgan fingerprint density at radius 3 is 2.56 bits per heavy atom. The molecule has 0 radical (unpaired) electrons. The van der Waals surface area contributed by atoms with Gasteiger partial charge in [0, 0.05) is 6.54 Å². The first-order chi connectivity index (χ1) is 4.16. The minimum absolute atomic E-state index is 0.334. The van der Waals surface area contributed by atoms with Crippen molar-refractivity contribution in [1.29, 1.82) is 0 Å². The van der Waals surface area contributed by atoms with Crippen molar-refractivity contribution in [3.05, 3.63) is 0 Å². The van der Waals surface area contributed by atoms with Gasteiger partial charge in [0.25, 0.3) is 16.9 Å². The third kappa shape index (κ3) is 6.29. The van der Waals surface area contributed by atoms with Gasteiger partial charge in [0.2, 0.25) is 0 Å². The molecule has 0 aliphatic heterocycles. The molecule has 1 atom stereocenters. The minimum Gasteiger partial charge on any atom is -0.251 e. The zero-order valence-electron chi connectivity index (χ0n) is 4.74. The van der Waals surface area contributed by atoms with E-state index in [9.17, 15) is 12.6 Å². The predicted octanol–water partition coefficient (Wildman–Crippen LogP) is 2.96. The third-order valence-corrected chi connectivity index (χ3v) is 2.34. The molecule has 9 heavy (non-hydrogen) atoms. The van der Waals surface area contributed by atoms with Crippen LogP contribution in [0.1, 0.15) is 6.92 Å². The molecular formula is C2H7F3N2P2. The molecule has 0 aromatic rings. The van der Waals surface area contributed by atoms with Crippen molar-refractivity contribution in [3.8, 4) is 0 Å². The van der Waals surface area contributed by atoms with Crippen LogP contribution in [0.15, 0.2) is 4.52 Å². The summed E-state index contributed by atoms with van der Waals surface area (Å²) in [5.74, 6) is 0. The average Bonchev–Trinajstić information content (AvgIpc) is 1.63. The summed E-state index contributed by atoms with van der Waals surface area (Å²) in [6, 6.07) is 0. The van der Waals surface area contributed by atoms with Crippen LogP contribution in [0.2, 0.25) is 0 Å². The van der Waals surface area contributed by atoms with Crippen LogP contribution >= 0.6 is 16.9 Å². The van der Waals surface area contributed by atoms with Gasteiger partial charge in [-0.05, 0) is 0 Å². The molecule has 0 aliphatic rings. The number of nitrogens with one attached hydrogen (secondary N) is 1. The molecule has 2 nitrogen and oxygen atoms in total. The first-order valence-corrected chi connectivity index (χ1v) is 4.64. The number of halogens is 3. The Morgan fingerprint density at radius 1 is 1.67 bits per heavy atom. The molecule has 0 aromatic carbocycles. The van der Waals surface area contributed by atoms with Crippen LogP contribution in [0.25, 0.3) is 0 Å². The fraction of sp³-hybridized carbons (Fsp3) is 1.00. The van der Waals surface area contributed by atoms with E-state index in [1.807, 2.05) is 0 Å². The molecule has 0 saturated heterocycles. The number of hydrogen-bond acceptors (Lipinski definition) is 2. The molecule has 7 heteroatoms. The highest BCUT2D eigenvalue weighted by atomic mass is 31.2. The number of nitrogens with zero attached hydrogens (tertiary/aromatic N) is 1. The van der Waals surface area contributed by atoms with E-state index in [4.69, 9.17) is 0 Å². The molecule has 0 aliphatic carbocycles. The van der Waals surface area contributed by atoms with Crippen LogP contribution in [0, 0.1) is 0 Å². The zero-order valence-corrected chi connectivity index (χ0v) is 6.63. The Morgan fingerprint density at radius 2 is 2.22 bits per heavy atom. The summed E-state index contributed by atoms with van der Waals surface area (Å²) < 4.78 is 37.1. The molecule has 1 N–H and O–H groups in total. The van der Waals surface area contributed by atoms with Crippen LogP contribution in [-0.2, 0) is 0 Å². The molecule has 0 bridgehead atoms. The Balaban J connectivity index is 3.49. The molecule has 0 fully saturated rings. The molecule has 0 heterocycles. The smallest absolute Gasteiger partial charge is 0.251 e. The summed E-state index contributed by atoms with van der Waals surface area (Å²) in [5, 5.41) is 2.15. The van der Waals surface area contributed by atoms with E-state index in [2.05, 4.69) is 9.60 Å². The van der Waals surface area contributed by atoms with Gasteiger partial charge in [0.15, 0.2) is 0 Å². The van der Waals surface area contributed by atoms with Crippen LogP contribution in [-0.4, -0.2) is 6.54 Å². The monoisotopic (exact) mass is 178 g/mol. The molecular weight excluding hydrogens is 171 g/mol. The lowest BCUT2D eigenvalue weighted by molar-refractivity contribution is 0.760. The fourth-order valence-corrected chi connectivity index (χ4v) is 1.31. The lowest BCUT2D eigenvalue weighted by Crippen LogP contribution is -1.99. The van der Waals surface area contributed by atoms with E-state index in [1.165, 1.54) is 0 Å². The normalized spacial score (nSPS) is 13.9. The largest absolute Gasteiger partial charge is 0.289 e. The van der Waals surface area contributed by atoms with Gasteiger partial charge >= 0.3 is 0 Å². The lowest BCUT2D eigenvalue weighted by Gasteiger charge is -1.97. The SMILES string of the molecule is CCNP(F)N=[PH](F)F. The number of rotatable bonds is 3. The van der Waals surface area contributed by atoms with Crippen LogP contribution < -0.4 is 5.09 Å². The Hall–Kier alpha value is 0.410. The van der Waals surface area contributed by atoms with Crippen molar-refractivity contribution in [2.75, 3.05) is 6.54 Å². The lowest BCUT2D eigenvalue weighted by atomic mass is 10.8. The maximum absolute atomic E-state index is 12.0. The Labute approximate surface area is 53.5 Å². The summed E-state index contributed by atoms with van der Waals surface area (Å²) in [5.41, 5.74) is 0. The molecule has 0 rings (SSSR count). The second kappa shape index (κ2) is 5.21. The third-order valence-electron chi connectivity index (χ3n) is 0.452. The van der Waals surface area contributed by atoms with Gasteiger partial charge < -0.3 is 0 Å². The van der Waals surface area contributed by atoms with Crippen LogP contribution in [0.3, 0.4) is 0 Å². The Bertz CT molecular complexity index is 104. The van der Waals surface area contributed by atoms with Crippen molar-refractivity contribution in [2.45, 2.75) is 6.92 Å². The average molecular weight is 178 g/mol. The number of hydrogen-bond donors (Lipinski definition) is 1. The maximum Gasteiger partial charge on any atom is 0.289 e. The summed E-state index contributed by atoms with van der Waals surface area (Å²) in [6.45, 7) is 1.97. The molecule has 56 valence electrons. The maximum atomic E-state index is 12.0. The second-order valence-corrected chi connectivity index (χ2v) is 3.23. The molecule has 0 saturated carbocycles. The van der Waals surface area contributed by atoms with Gasteiger partial charge in [-0.2, -0.15) is 17.1 Å². The van der Waals surface area contributed by atoms with Crippen molar-refractivity contribution in [2.24, 2.45) is 4.52 Å². The van der Waals surface area contributed by atoms with Gasteiger partial charge in [0.1, 0.15) is 0 Å². The predicted molar refractivity (Wildman–Crippen MR) is 34.7 cm³/mol. The van der Waals surface area contributed by atoms with Crippen molar-refractivity contribution in [3.63, 3.8) is 0 Å². The summed E-state index contributed by atoms with van der Waals surface area (Å²) >= 11 is 0. The molecule has 0 amide bonds. The molecule has 1 unspecified atom stereocenters. The zero-order chi connectivity index (χ0) is 7.28. The van der Waals surface area contributed by atoms with E-state index in [0.717, 1.165) is 0 Å². The Kier molecular flexibility index (Phi) is 5.45. The quantitative estimate of drug-likeness (QED) is 0.660.